The van der Waals surface area contributed by atoms with E-state index in [1.54, 1.807) is 0 Å². The van der Waals surface area contributed by atoms with E-state index in [1.165, 1.54) is 12.8 Å². The molecule has 1 aromatic carbocycles. The number of hydrogen-bond donors (Lipinski definition) is 3. The molecule has 2 rings (SSSR count). The third-order valence-corrected chi connectivity index (χ3v) is 4.65. The summed E-state index contributed by atoms with van der Waals surface area (Å²) in [5, 5.41) is 9.12. The third-order valence-electron chi connectivity index (χ3n) is 4.65. The van der Waals surface area contributed by atoms with Crippen molar-refractivity contribution in [1.82, 2.24) is 16.0 Å². The highest BCUT2D eigenvalue weighted by Gasteiger charge is 2.21. The van der Waals surface area contributed by atoms with E-state index in [9.17, 15) is 9.59 Å². The van der Waals surface area contributed by atoms with E-state index in [0.29, 0.717) is 37.8 Å². The Labute approximate surface area is 156 Å². The fourth-order valence-electron chi connectivity index (χ4n) is 3.10. The number of amides is 2. The van der Waals surface area contributed by atoms with E-state index >= 15 is 0 Å². The van der Waals surface area contributed by atoms with Gasteiger partial charge in [0, 0.05) is 25.9 Å². The molecule has 2 amide bonds. The number of carbonyl (C=O) groups excluding carboxylic acids is 2. The highest BCUT2D eigenvalue weighted by atomic mass is 35.5. The Kier molecular flexibility index (Phi) is 10.2. The van der Waals surface area contributed by atoms with Gasteiger partial charge in [-0.15, -0.1) is 12.4 Å². The zero-order valence-corrected chi connectivity index (χ0v) is 15.7. The zero-order chi connectivity index (χ0) is 17.2. The van der Waals surface area contributed by atoms with E-state index in [1.807, 2.05) is 30.3 Å². The quantitative estimate of drug-likeness (QED) is 0.660. The first-order valence-corrected chi connectivity index (χ1v) is 8.93. The highest BCUT2D eigenvalue weighted by molar-refractivity contribution is 5.85. The Morgan fingerprint density at radius 3 is 2.64 bits per heavy atom. The minimum Gasteiger partial charge on any atom is -0.356 e. The molecule has 1 aliphatic rings. The van der Waals surface area contributed by atoms with Crippen LogP contribution in [-0.2, 0) is 16.1 Å². The van der Waals surface area contributed by atoms with Gasteiger partial charge in [0.05, 0.1) is 0 Å². The molecular formula is C19H30ClN3O2. The van der Waals surface area contributed by atoms with Gasteiger partial charge in [0.2, 0.25) is 11.8 Å². The highest BCUT2D eigenvalue weighted by Crippen LogP contribution is 2.22. The summed E-state index contributed by atoms with van der Waals surface area (Å²) in [5.74, 6) is 0.969. The lowest BCUT2D eigenvalue weighted by molar-refractivity contribution is -0.123. The van der Waals surface area contributed by atoms with Crippen molar-refractivity contribution in [2.45, 2.75) is 39.2 Å². The van der Waals surface area contributed by atoms with Crippen LogP contribution in [0.4, 0.5) is 0 Å². The third kappa shape index (κ3) is 8.36. The average molecular weight is 368 g/mol. The Hall–Kier alpha value is -1.59. The van der Waals surface area contributed by atoms with Crippen molar-refractivity contribution in [3.8, 4) is 0 Å². The number of nitrogens with one attached hydrogen (secondary N) is 3. The predicted octanol–water partition coefficient (Wildman–Crippen LogP) is 2.26. The normalized spacial score (nSPS) is 17.9. The van der Waals surface area contributed by atoms with Crippen LogP contribution in [0.15, 0.2) is 30.3 Å². The Balaban J connectivity index is 0.00000312. The van der Waals surface area contributed by atoms with Gasteiger partial charge in [0.25, 0.3) is 0 Å². The lowest BCUT2D eigenvalue weighted by Gasteiger charge is -2.28. The molecule has 0 spiro atoms. The summed E-state index contributed by atoms with van der Waals surface area (Å²) < 4.78 is 0. The molecule has 2 atom stereocenters. The standard InChI is InChI=1S/C19H29N3O2.ClH/c1-15(17-8-5-10-20-14-17)12-19(24)21-11-9-18(23)22-13-16-6-3-2-4-7-16;/h2-4,6-7,15,17,20H,5,8-14H2,1H3,(H,21,24)(H,22,23);1H. The van der Waals surface area contributed by atoms with Crippen LogP contribution in [0.3, 0.4) is 0 Å². The van der Waals surface area contributed by atoms with Crippen LogP contribution < -0.4 is 16.0 Å². The van der Waals surface area contributed by atoms with Crippen molar-refractivity contribution in [1.29, 1.82) is 0 Å². The second-order valence-electron chi connectivity index (χ2n) is 6.65. The topological polar surface area (TPSA) is 70.2 Å². The maximum atomic E-state index is 12.0. The van der Waals surface area contributed by atoms with Crippen LogP contribution in [-0.4, -0.2) is 31.4 Å². The van der Waals surface area contributed by atoms with Gasteiger partial charge in [-0.2, -0.15) is 0 Å². The molecular weight excluding hydrogens is 338 g/mol. The number of piperidine rings is 1. The maximum absolute atomic E-state index is 12.0. The summed E-state index contributed by atoms with van der Waals surface area (Å²) in [7, 11) is 0. The molecule has 1 fully saturated rings. The average Bonchev–Trinajstić information content (AvgIpc) is 2.61. The number of halogens is 1. The molecule has 2 unspecified atom stereocenters. The number of carbonyl (C=O) groups is 2. The molecule has 0 saturated carbocycles. The van der Waals surface area contributed by atoms with Crippen molar-refractivity contribution in [3.63, 3.8) is 0 Å². The molecule has 6 heteroatoms. The van der Waals surface area contributed by atoms with Crippen LogP contribution in [0.5, 0.6) is 0 Å². The predicted molar refractivity (Wildman–Crippen MR) is 103 cm³/mol. The summed E-state index contributed by atoms with van der Waals surface area (Å²) in [6.45, 7) is 5.17. The lowest BCUT2D eigenvalue weighted by Crippen LogP contribution is -2.36. The second-order valence-corrected chi connectivity index (χ2v) is 6.65. The molecule has 0 radical (unpaired) electrons. The number of rotatable bonds is 8. The van der Waals surface area contributed by atoms with Crippen LogP contribution in [0.25, 0.3) is 0 Å². The van der Waals surface area contributed by atoms with Gasteiger partial charge in [-0.25, -0.2) is 0 Å². The van der Waals surface area contributed by atoms with Crippen molar-refractivity contribution in [3.05, 3.63) is 35.9 Å². The van der Waals surface area contributed by atoms with E-state index in [-0.39, 0.29) is 24.2 Å². The molecule has 0 aromatic heterocycles. The molecule has 0 aliphatic carbocycles. The van der Waals surface area contributed by atoms with Gasteiger partial charge in [-0.3, -0.25) is 9.59 Å². The molecule has 0 bridgehead atoms. The van der Waals surface area contributed by atoms with E-state index in [4.69, 9.17) is 0 Å². The monoisotopic (exact) mass is 367 g/mol. The van der Waals surface area contributed by atoms with Crippen molar-refractivity contribution in [2.75, 3.05) is 19.6 Å². The largest absolute Gasteiger partial charge is 0.356 e. The molecule has 25 heavy (non-hydrogen) atoms. The van der Waals surface area contributed by atoms with Crippen molar-refractivity contribution >= 4 is 24.2 Å². The summed E-state index contributed by atoms with van der Waals surface area (Å²) in [4.78, 5) is 23.8. The summed E-state index contributed by atoms with van der Waals surface area (Å²) >= 11 is 0. The minimum atomic E-state index is -0.0383. The van der Waals surface area contributed by atoms with Crippen LogP contribution in [0.2, 0.25) is 0 Å². The second kappa shape index (κ2) is 11.9. The van der Waals surface area contributed by atoms with Crippen molar-refractivity contribution < 1.29 is 9.59 Å². The molecule has 1 saturated heterocycles. The summed E-state index contributed by atoms with van der Waals surface area (Å²) in [6, 6.07) is 9.80. The smallest absolute Gasteiger partial charge is 0.222 e. The molecule has 5 nitrogen and oxygen atoms in total. The summed E-state index contributed by atoms with van der Waals surface area (Å²) in [5.41, 5.74) is 1.07. The van der Waals surface area contributed by atoms with Crippen LogP contribution in [0.1, 0.15) is 38.2 Å². The van der Waals surface area contributed by atoms with Gasteiger partial charge in [-0.05, 0) is 43.3 Å². The molecule has 3 N–H and O–H groups in total. The zero-order valence-electron chi connectivity index (χ0n) is 14.9. The fourth-order valence-corrected chi connectivity index (χ4v) is 3.10. The van der Waals surface area contributed by atoms with Crippen molar-refractivity contribution in [2.24, 2.45) is 11.8 Å². The van der Waals surface area contributed by atoms with Gasteiger partial charge >= 0.3 is 0 Å². The SMILES string of the molecule is CC(CC(=O)NCCC(=O)NCc1ccccc1)C1CCCNC1.Cl. The van der Waals surface area contributed by atoms with Gasteiger partial charge in [-0.1, -0.05) is 37.3 Å². The number of benzene rings is 1. The first-order valence-electron chi connectivity index (χ1n) is 8.93. The van der Waals surface area contributed by atoms with E-state index < -0.39 is 0 Å². The van der Waals surface area contributed by atoms with Gasteiger partial charge in [0.15, 0.2) is 0 Å². The van der Waals surface area contributed by atoms with E-state index in [2.05, 4.69) is 22.9 Å². The number of hydrogen-bond acceptors (Lipinski definition) is 3. The molecule has 140 valence electrons. The fraction of sp³-hybridized carbons (Fsp3) is 0.579. The van der Waals surface area contributed by atoms with Gasteiger partial charge < -0.3 is 16.0 Å². The first-order chi connectivity index (χ1) is 11.6. The maximum Gasteiger partial charge on any atom is 0.222 e. The first kappa shape index (κ1) is 21.5. The Bertz CT molecular complexity index is 519. The molecule has 1 aliphatic heterocycles. The Morgan fingerprint density at radius 1 is 1.20 bits per heavy atom. The van der Waals surface area contributed by atoms with Gasteiger partial charge in [0.1, 0.15) is 0 Å². The molecule has 1 heterocycles. The van der Waals surface area contributed by atoms with Crippen LogP contribution in [0, 0.1) is 11.8 Å². The van der Waals surface area contributed by atoms with Crippen LogP contribution >= 0.6 is 12.4 Å². The Morgan fingerprint density at radius 2 is 1.96 bits per heavy atom. The lowest BCUT2D eigenvalue weighted by atomic mass is 9.85. The summed E-state index contributed by atoms with van der Waals surface area (Å²) in [6.07, 6.45) is 3.25. The van der Waals surface area contributed by atoms with E-state index in [0.717, 1.165) is 18.7 Å². The minimum absolute atomic E-state index is 0. The molecule has 1 aromatic rings.